The monoisotopic (exact) mass is 430 g/mol. The van der Waals surface area contributed by atoms with Crippen LogP contribution < -0.4 is 0 Å². The largest absolute Gasteiger partial charge is 0.0885 e. The smallest absolute Gasteiger partial charge is 0.0351 e. The van der Waals surface area contributed by atoms with Crippen LogP contribution in [0.1, 0.15) is 162 Å². The zero-order valence-corrected chi connectivity index (χ0v) is 21.7. The SMILES string of the molecule is CCCCCC=CCCCCCCCC=CCCCCCCCC/C=C\CCCCC. The highest BCUT2D eigenvalue weighted by molar-refractivity contribution is 4.83. The van der Waals surface area contributed by atoms with Gasteiger partial charge in [0.1, 0.15) is 0 Å². The molecule has 0 aromatic heterocycles. The lowest BCUT2D eigenvalue weighted by molar-refractivity contribution is 0.598. The standard InChI is InChI=1S/C31H58/c1-3-5-7-9-11-13-15-17-19-21-23-25-27-29-31-30-28-26-24-22-20-18-16-14-12-10-8-6-4-2/h11-14,29,31H,3-10,15-28,30H2,1-2H3/b13-11?,14-12-,31-29?. The Morgan fingerprint density at radius 1 is 0.258 bits per heavy atom. The molecule has 0 radical (unpaired) electrons. The van der Waals surface area contributed by atoms with Crippen molar-refractivity contribution in [2.45, 2.75) is 162 Å². The molecule has 0 bridgehead atoms. The summed E-state index contributed by atoms with van der Waals surface area (Å²) in [5.74, 6) is 0. The first-order valence-corrected chi connectivity index (χ1v) is 14.4. The number of allylic oxidation sites excluding steroid dienone is 6. The van der Waals surface area contributed by atoms with Crippen molar-refractivity contribution in [1.29, 1.82) is 0 Å². The van der Waals surface area contributed by atoms with Gasteiger partial charge in [0.2, 0.25) is 0 Å². The maximum absolute atomic E-state index is 2.44. The minimum Gasteiger partial charge on any atom is -0.0885 e. The third-order valence-corrected chi connectivity index (χ3v) is 6.18. The third kappa shape index (κ3) is 29.2. The summed E-state index contributed by atoms with van der Waals surface area (Å²) in [6.45, 7) is 4.55. The fourth-order valence-electron chi connectivity index (χ4n) is 4.02. The summed E-state index contributed by atoms with van der Waals surface area (Å²) in [5.41, 5.74) is 0. The zero-order chi connectivity index (χ0) is 22.5. The second kappa shape index (κ2) is 29.2. The number of hydrogen-bond donors (Lipinski definition) is 0. The third-order valence-electron chi connectivity index (χ3n) is 6.18. The van der Waals surface area contributed by atoms with Gasteiger partial charge in [-0.05, 0) is 77.0 Å². The van der Waals surface area contributed by atoms with Crippen molar-refractivity contribution in [2.75, 3.05) is 0 Å². The van der Waals surface area contributed by atoms with E-state index in [0.29, 0.717) is 0 Å². The van der Waals surface area contributed by atoms with Crippen molar-refractivity contribution >= 4 is 0 Å². The van der Waals surface area contributed by atoms with Crippen molar-refractivity contribution in [3.05, 3.63) is 36.5 Å². The fraction of sp³-hybridized carbons (Fsp3) is 0.806. The van der Waals surface area contributed by atoms with E-state index in [1.807, 2.05) is 0 Å². The van der Waals surface area contributed by atoms with Crippen LogP contribution in [0.5, 0.6) is 0 Å². The Balaban J connectivity index is 3.15. The summed E-state index contributed by atoms with van der Waals surface area (Å²) in [4.78, 5) is 0. The highest BCUT2D eigenvalue weighted by atomic mass is 14.0. The molecule has 182 valence electrons. The van der Waals surface area contributed by atoms with Crippen LogP contribution in [-0.2, 0) is 0 Å². The number of rotatable bonds is 25. The molecule has 31 heavy (non-hydrogen) atoms. The molecular formula is C31H58. The Bertz CT molecular complexity index is 387. The van der Waals surface area contributed by atoms with Gasteiger partial charge in [0.05, 0.1) is 0 Å². The lowest BCUT2D eigenvalue weighted by Crippen LogP contribution is -1.80. The van der Waals surface area contributed by atoms with Gasteiger partial charge >= 0.3 is 0 Å². The minimum atomic E-state index is 1.29. The lowest BCUT2D eigenvalue weighted by Gasteiger charge is -2.00. The number of hydrogen-bond acceptors (Lipinski definition) is 0. The predicted molar refractivity (Wildman–Crippen MR) is 145 cm³/mol. The lowest BCUT2D eigenvalue weighted by atomic mass is 10.1. The average Bonchev–Trinajstić information content (AvgIpc) is 2.78. The molecule has 0 spiro atoms. The summed E-state index contributed by atoms with van der Waals surface area (Å²) in [5, 5.41) is 0. The molecule has 0 rings (SSSR count). The van der Waals surface area contributed by atoms with Crippen LogP contribution in [0, 0.1) is 0 Å². The topological polar surface area (TPSA) is 0 Å². The molecule has 0 aromatic carbocycles. The van der Waals surface area contributed by atoms with Gasteiger partial charge in [-0.1, -0.05) is 121 Å². The summed E-state index contributed by atoms with van der Waals surface area (Å²) in [6, 6.07) is 0. The first-order valence-electron chi connectivity index (χ1n) is 14.4. The van der Waals surface area contributed by atoms with Crippen LogP contribution in [-0.4, -0.2) is 0 Å². The normalized spacial score (nSPS) is 12.2. The van der Waals surface area contributed by atoms with Gasteiger partial charge in [0.25, 0.3) is 0 Å². The first kappa shape index (κ1) is 30.2. The second-order valence-corrected chi connectivity index (χ2v) is 9.45. The van der Waals surface area contributed by atoms with Crippen molar-refractivity contribution in [2.24, 2.45) is 0 Å². The summed E-state index contributed by atoms with van der Waals surface area (Å²) >= 11 is 0. The molecule has 0 N–H and O–H groups in total. The fourth-order valence-corrected chi connectivity index (χ4v) is 4.02. The Morgan fingerprint density at radius 3 is 0.677 bits per heavy atom. The van der Waals surface area contributed by atoms with Crippen molar-refractivity contribution in [3.63, 3.8) is 0 Å². The van der Waals surface area contributed by atoms with Gasteiger partial charge in [-0.3, -0.25) is 0 Å². The Hall–Kier alpha value is -0.780. The molecule has 0 aromatic rings. The Labute approximate surface area is 198 Å². The number of unbranched alkanes of at least 4 members (excludes halogenated alkanes) is 19. The van der Waals surface area contributed by atoms with Gasteiger partial charge in [-0.2, -0.15) is 0 Å². The highest BCUT2D eigenvalue weighted by Gasteiger charge is 1.91. The van der Waals surface area contributed by atoms with Crippen molar-refractivity contribution in [3.8, 4) is 0 Å². The van der Waals surface area contributed by atoms with E-state index in [4.69, 9.17) is 0 Å². The van der Waals surface area contributed by atoms with E-state index in [1.54, 1.807) is 0 Å². The zero-order valence-electron chi connectivity index (χ0n) is 21.7. The molecule has 0 amide bonds. The van der Waals surface area contributed by atoms with E-state index >= 15 is 0 Å². The molecule has 0 fully saturated rings. The highest BCUT2D eigenvalue weighted by Crippen LogP contribution is 2.11. The van der Waals surface area contributed by atoms with E-state index in [0.717, 1.165) is 0 Å². The van der Waals surface area contributed by atoms with E-state index in [9.17, 15) is 0 Å². The molecule has 0 aliphatic carbocycles. The van der Waals surface area contributed by atoms with E-state index in [-0.39, 0.29) is 0 Å². The molecular weight excluding hydrogens is 372 g/mol. The van der Waals surface area contributed by atoms with E-state index in [2.05, 4.69) is 50.3 Å². The van der Waals surface area contributed by atoms with Crippen molar-refractivity contribution in [1.82, 2.24) is 0 Å². The molecule has 0 atom stereocenters. The maximum Gasteiger partial charge on any atom is -0.0351 e. The molecule has 0 aliphatic heterocycles. The minimum absolute atomic E-state index is 1.29. The molecule has 0 heteroatoms. The van der Waals surface area contributed by atoms with Gasteiger partial charge < -0.3 is 0 Å². The molecule has 0 saturated heterocycles. The van der Waals surface area contributed by atoms with Gasteiger partial charge in [0.15, 0.2) is 0 Å². The van der Waals surface area contributed by atoms with Crippen LogP contribution in [0.2, 0.25) is 0 Å². The molecule has 0 aliphatic rings. The molecule has 0 nitrogen and oxygen atoms in total. The van der Waals surface area contributed by atoms with Crippen LogP contribution in [0.25, 0.3) is 0 Å². The summed E-state index contributed by atoms with van der Waals surface area (Å²) < 4.78 is 0. The quantitative estimate of drug-likeness (QED) is 0.0997. The van der Waals surface area contributed by atoms with Crippen molar-refractivity contribution < 1.29 is 0 Å². The van der Waals surface area contributed by atoms with E-state index in [1.165, 1.54) is 148 Å². The maximum atomic E-state index is 2.44. The summed E-state index contributed by atoms with van der Waals surface area (Å²) in [7, 11) is 0. The van der Waals surface area contributed by atoms with Crippen LogP contribution in [0.4, 0.5) is 0 Å². The second-order valence-electron chi connectivity index (χ2n) is 9.45. The van der Waals surface area contributed by atoms with Gasteiger partial charge in [-0.15, -0.1) is 0 Å². The molecule has 0 heterocycles. The molecule has 0 unspecified atom stereocenters. The van der Waals surface area contributed by atoms with Gasteiger partial charge in [-0.25, -0.2) is 0 Å². The average molecular weight is 431 g/mol. The van der Waals surface area contributed by atoms with E-state index < -0.39 is 0 Å². The first-order chi connectivity index (χ1) is 15.4. The predicted octanol–water partition coefficient (Wildman–Crippen LogP) is 11.7. The van der Waals surface area contributed by atoms with Crippen LogP contribution in [0.15, 0.2) is 36.5 Å². The van der Waals surface area contributed by atoms with Crippen LogP contribution in [0.3, 0.4) is 0 Å². The van der Waals surface area contributed by atoms with Gasteiger partial charge in [0, 0.05) is 0 Å². The Morgan fingerprint density at radius 2 is 0.452 bits per heavy atom. The molecule has 0 saturated carbocycles. The van der Waals surface area contributed by atoms with Crippen LogP contribution >= 0.6 is 0 Å². The Kier molecular flexibility index (Phi) is 28.5. The summed E-state index contributed by atoms with van der Waals surface area (Å²) in [6.07, 6.45) is 45.9.